The third-order valence-corrected chi connectivity index (χ3v) is 4.08. The van der Waals surface area contributed by atoms with Crippen molar-refractivity contribution in [2.24, 2.45) is 5.18 Å². The average molecular weight is 338 g/mol. The molecular formula is C16H18N8O. The predicted molar refractivity (Wildman–Crippen MR) is 93.9 cm³/mol. The van der Waals surface area contributed by atoms with Gasteiger partial charge in [0.1, 0.15) is 23.4 Å². The van der Waals surface area contributed by atoms with Crippen molar-refractivity contribution in [3.8, 4) is 6.07 Å². The van der Waals surface area contributed by atoms with Gasteiger partial charge in [0.05, 0.1) is 24.3 Å². The molecule has 0 amide bonds. The van der Waals surface area contributed by atoms with Gasteiger partial charge in [-0.25, -0.2) is 15.0 Å². The maximum absolute atomic E-state index is 11.0. The first-order valence-corrected chi connectivity index (χ1v) is 7.95. The van der Waals surface area contributed by atoms with Gasteiger partial charge in [-0.1, -0.05) is 0 Å². The van der Waals surface area contributed by atoms with Gasteiger partial charge in [0, 0.05) is 12.1 Å². The minimum Gasteiger partial charge on any atom is -0.380 e. The lowest BCUT2D eigenvalue weighted by Crippen LogP contribution is -2.36. The molecule has 0 unspecified atom stereocenters. The number of nitrogens with one attached hydrogen (secondary N) is 2. The lowest BCUT2D eigenvalue weighted by Gasteiger charge is -2.30. The van der Waals surface area contributed by atoms with Crippen LogP contribution in [0, 0.1) is 16.2 Å². The number of anilines is 3. The summed E-state index contributed by atoms with van der Waals surface area (Å²) in [5.74, 6) is 0.977. The van der Waals surface area contributed by atoms with E-state index in [0.717, 1.165) is 25.9 Å². The van der Waals surface area contributed by atoms with Crippen molar-refractivity contribution >= 4 is 23.0 Å². The fourth-order valence-corrected chi connectivity index (χ4v) is 2.66. The SMILES string of the molecule is CN1CCC(Nc2cc(Nc3cnc(C#N)cn3)ncc2N=O)CC1. The van der Waals surface area contributed by atoms with Gasteiger partial charge in [-0.3, -0.25) is 0 Å². The van der Waals surface area contributed by atoms with E-state index < -0.39 is 0 Å². The second kappa shape index (κ2) is 7.63. The van der Waals surface area contributed by atoms with Crippen LogP contribution in [0.2, 0.25) is 0 Å². The molecule has 0 radical (unpaired) electrons. The van der Waals surface area contributed by atoms with Gasteiger partial charge in [0.15, 0.2) is 5.69 Å². The molecule has 1 aliphatic heterocycles. The highest BCUT2D eigenvalue weighted by Gasteiger charge is 2.18. The lowest BCUT2D eigenvalue weighted by atomic mass is 10.1. The summed E-state index contributed by atoms with van der Waals surface area (Å²) in [6.07, 6.45) is 6.25. The van der Waals surface area contributed by atoms with E-state index in [4.69, 9.17) is 5.26 Å². The minimum atomic E-state index is 0.239. The summed E-state index contributed by atoms with van der Waals surface area (Å²) in [6.45, 7) is 2.02. The zero-order chi connectivity index (χ0) is 17.6. The number of hydrogen-bond acceptors (Lipinski definition) is 9. The maximum atomic E-state index is 11.0. The molecule has 9 heteroatoms. The van der Waals surface area contributed by atoms with Crippen LogP contribution >= 0.6 is 0 Å². The first kappa shape index (κ1) is 16.7. The fraction of sp³-hybridized carbons (Fsp3) is 0.375. The second-order valence-electron chi connectivity index (χ2n) is 5.92. The Morgan fingerprint density at radius 3 is 2.60 bits per heavy atom. The quantitative estimate of drug-likeness (QED) is 0.798. The monoisotopic (exact) mass is 338 g/mol. The van der Waals surface area contributed by atoms with Gasteiger partial charge in [0.25, 0.3) is 0 Å². The van der Waals surface area contributed by atoms with E-state index in [1.165, 1.54) is 18.6 Å². The van der Waals surface area contributed by atoms with Crippen molar-refractivity contribution < 1.29 is 0 Å². The number of nitriles is 1. The molecule has 1 saturated heterocycles. The molecule has 25 heavy (non-hydrogen) atoms. The van der Waals surface area contributed by atoms with Gasteiger partial charge in [-0.15, -0.1) is 4.91 Å². The number of nitroso groups, excluding NO2 is 1. The third kappa shape index (κ3) is 4.24. The fourth-order valence-electron chi connectivity index (χ4n) is 2.66. The largest absolute Gasteiger partial charge is 0.380 e. The molecule has 1 fully saturated rings. The number of aromatic nitrogens is 3. The molecule has 2 N–H and O–H groups in total. The van der Waals surface area contributed by atoms with Crippen LogP contribution in [0.3, 0.4) is 0 Å². The van der Waals surface area contributed by atoms with Gasteiger partial charge >= 0.3 is 0 Å². The standard InChI is InChI=1S/C16H18N8O/c1-24-4-2-11(3-5-24)21-13-6-15(20-9-14(13)23-25)22-16-10-18-12(7-17)8-19-16/h6,8-11H,2-5H2,1H3,(H2,19,20,21,22). The second-order valence-corrected chi connectivity index (χ2v) is 5.92. The van der Waals surface area contributed by atoms with E-state index in [1.807, 2.05) is 6.07 Å². The van der Waals surface area contributed by atoms with Crippen LogP contribution in [0.5, 0.6) is 0 Å². The van der Waals surface area contributed by atoms with E-state index in [9.17, 15) is 4.91 Å². The molecule has 0 saturated carbocycles. The summed E-state index contributed by atoms with van der Waals surface area (Å²) in [6, 6.07) is 3.94. The Balaban J connectivity index is 1.74. The zero-order valence-corrected chi connectivity index (χ0v) is 13.8. The first-order chi connectivity index (χ1) is 12.2. The maximum Gasteiger partial charge on any atom is 0.158 e. The van der Waals surface area contributed by atoms with Crippen LogP contribution in [-0.2, 0) is 0 Å². The van der Waals surface area contributed by atoms with Crippen LogP contribution in [0.1, 0.15) is 18.5 Å². The molecule has 2 aromatic rings. The van der Waals surface area contributed by atoms with E-state index >= 15 is 0 Å². The summed E-state index contributed by atoms with van der Waals surface area (Å²) in [4.78, 5) is 25.5. The van der Waals surface area contributed by atoms with Crippen LogP contribution in [0.4, 0.5) is 23.0 Å². The number of hydrogen-bond donors (Lipinski definition) is 2. The van der Waals surface area contributed by atoms with E-state index in [1.54, 1.807) is 6.07 Å². The zero-order valence-electron chi connectivity index (χ0n) is 13.8. The van der Waals surface area contributed by atoms with Gasteiger partial charge in [0.2, 0.25) is 0 Å². The third-order valence-electron chi connectivity index (χ3n) is 4.08. The van der Waals surface area contributed by atoms with Gasteiger partial charge < -0.3 is 15.5 Å². The number of pyridine rings is 1. The Morgan fingerprint density at radius 1 is 1.20 bits per heavy atom. The number of piperidine rings is 1. The normalized spacial score (nSPS) is 15.4. The Bertz CT molecular complexity index is 778. The summed E-state index contributed by atoms with van der Waals surface area (Å²) in [5.41, 5.74) is 1.16. The molecule has 0 aromatic carbocycles. The van der Waals surface area contributed by atoms with Crippen molar-refractivity contribution in [2.45, 2.75) is 18.9 Å². The molecule has 3 heterocycles. The van der Waals surface area contributed by atoms with Crippen molar-refractivity contribution in [1.29, 1.82) is 5.26 Å². The van der Waals surface area contributed by atoms with E-state index in [-0.39, 0.29) is 11.4 Å². The van der Waals surface area contributed by atoms with Crippen LogP contribution in [-0.4, -0.2) is 46.0 Å². The van der Waals surface area contributed by atoms with Crippen molar-refractivity contribution in [3.05, 3.63) is 35.3 Å². The van der Waals surface area contributed by atoms with Crippen LogP contribution in [0.25, 0.3) is 0 Å². The molecule has 128 valence electrons. The average Bonchev–Trinajstić information content (AvgIpc) is 2.64. The summed E-state index contributed by atoms with van der Waals surface area (Å²) in [5, 5.41) is 18.2. The number of nitrogens with zero attached hydrogens (tertiary/aromatic N) is 6. The molecule has 0 aliphatic carbocycles. The summed E-state index contributed by atoms with van der Waals surface area (Å²) < 4.78 is 0. The number of rotatable bonds is 5. The Hall–Kier alpha value is -3.12. The molecule has 3 rings (SSSR count). The Labute approximate surface area is 145 Å². The molecule has 1 aliphatic rings. The molecule has 0 atom stereocenters. The highest BCUT2D eigenvalue weighted by molar-refractivity contribution is 5.70. The molecular weight excluding hydrogens is 320 g/mol. The lowest BCUT2D eigenvalue weighted by molar-refractivity contribution is 0.264. The van der Waals surface area contributed by atoms with Crippen LogP contribution < -0.4 is 10.6 Å². The smallest absolute Gasteiger partial charge is 0.158 e. The summed E-state index contributed by atoms with van der Waals surface area (Å²) >= 11 is 0. The van der Waals surface area contributed by atoms with Crippen molar-refractivity contribution in [3.63, 3.8) is 0 Å². The first-order valence-electron chi connectivity index (χ1n) is 7.95. The molecule has 9 nitrogen and oxygen atoms in total. The topological polar surface area (TPSA) is 119 Å². The van der Waals surface area contributed by atoms with E-state index in [0.29, 0.717) is 23.4 Å². The van der Waals surface area contributed by atoms with Crippen molar-refractivity contribution in [1.82, 2.24) is 19.9 Å². The van der Waals surface area contributed by atoms with Gasteiger partial charge in [-0.2, -0.15) is 5.26 Å². The van der Waals surface area contributed by atoms with E-state index in [2.05, 4.69) is 42.7 Å². The highest BCUT2D eigenvalue weighted by Crippen LogP contribution is 2.29. The van der Waals surface area contributed by atoms with Gasteiger partial charge in [-0.05, 0) is 38.2 Å². The number of likely N-dealkylation sites (tertiary alicyclic amines) is 1. The predicted octanol–water partition coefficient (Wildman–Crippen LogP) is 2.39. The van der Waals surface area contributed by atoms with Crippen LogP contribution in [0.15, 0.2) is 29.8 Å². The Kier molecular flexibility index (Phi) is 5.11. The molecule has 0 spiro atoms. The summed E-state index contributed by atoms with van der Waals surface area (Å²) in [7, 11) is 2.10. The Morgan fingerprint density at radius 2 is 1.96 bits per heavy atom. The highest BCUT2D eigenvalue weighted by atomic mass is 16.3. The van der Waals surface area contributed by atoms with Crippen molar-refractivity contribution in [2.75, 3.05) is 30.8 Å². The molecule has 2 aromatic heterocycles. The molecule has 0 bridgehead atoms. The minimum absolute atomic E-state index is 0.239.